The fourth-order valence-corrected chi connectivity index (χ4v) is 5.22. The first-order valence-corrected chi connectivity index (χ1v) is 10.7. The van der Waals surface area contributed by atoms with Crippen molar-refractivity contribution in [2.24, 2.45) is 14.1 Å². The Bertz CT molecular complexity index is 1450. The Morgan fingerprint density at radius 1 is 0.933 bits per heavy atom. The van der Waals surface area contributed by atoms with Crippen LogP contribution in [0.1, 0.15) is 23.2 Å². The highest BCUT2D eigenvalue weighted by molar-refractivity contribution is 6.13. The summed E-state index contributed by atoms with van der Waals surface area (Å²) < 4.78 is 11.2. The molecule has 1 aliphatic rings. The van der Waals surface area contributed by atoms with E-state index in [-0.39, 0.29) is 0 Å². The van der Waals surface area contributed by atoms with E-state index in [1.807, 2.05) is 0 Å². The van der Waals surface area contributed by atoms with Crippen LogP contribution in [0.25, 0.3) is 44.5 Å². The number of hydrogen-bond donors (Lipinski definition) is 0. The van der Waals surface area contributed by atoms with Crippen molar-refractivity contribution in [2.75, 3.05) is 0 Å². The summed E-state index contributed by atoms with van der Waals surface area (Å²) in [6.45, 7) is 2.16. The standard InChI is InChI=1S/C27H25N2O/c1-17-13-14-20-19-9-7-10-21(24-16-18-8-6-12-22(18)29(24)3)26(19)30-27(20)25(17)23-11-4-5-15-28(23)2/h4-5,7,9-11,13-16H,6,8,12H2,1-3H3/q+1. The van der Waals surface area contributed by atoms with Crippen LogP contribution in [-0.4, -0.2) is 4.57 Å². The fourth-order valence-electron chi connectivity index (χ4n) is 5.22. The topological polar surface area (TPSA) is 21.9 Å². The van der Waals surface area contributed by atoms with E-state index in [0.717, 1.165) is 11.2 Å². The molecule has 0 atom stereocenters. The quantitative estimate of drug-likeness (QED) is 0.343. The van der Waals surface area contributed by atoms with Gasteiger partial charge in [0.15, 0.2) is 6.20 Å². The third kappa shape index (κ3) is 2.35. The van der Waals surface area contributed by atoms with Crippen LogP contribution >= 0.6 is 0 Å². The van der Waals surface area contributed by atoms with E-state index in [9.17, 15) is 0 Å². The molecule has 3 heteroatoms. The molecular weight excluding hydrogens is 368 g/mol. The second-order valence-corrected chi connectivity index (χ2v) is 8.53. The average Bonchev–Trinajstić information content (AvgIpc) is 3.43. The minimum Gasteiger partial charge on any atom is -0.454 e. The van der Waals surface area contributed by atoms with Crippen molar-refractivity contribution in [1.29, 1.82) is 0 Å². The molecule has 0 spiro atoms. The molecule has 0 unspecified atom stereocenters. The first kappa shape index (κ1) is 17.5. The van der Waals surface area contributed by atoms with Crippen LogP contribution in [0.4, 0.5) is 0 Å². The number of hydrogen-bond acceptors (Lipinski definition) is 1. The maximum absolute atomic E-state index is 6.69. The number of nitrogens with zero attached hydrogens (tertiary/aromatic N) is 2. The van der Waals surface area contributed by atoms with Gasteiger partial charge in [-0.3, -0.25) is 0 Å². The third-order valence-electron chi connectivity index (χ3n) is 6.77. The average molecular weight is 394 g/mol. The van der Waals surface area contributed by atoms with Gasteiger partial charge in [-0.2, -0.15) is 0 Å². The van der Waals surface area contributed by atoms with Gasteiger partial charge in [-0.1, -0.05) is 24.3 Å². The molecule has 0 aliphatic heterocycles. The maximum atomic E-state index is 6.69. The smallest absolute Gasteiger partial charge is 0.216 e. The van der Waals surface area contributed by atoms with Crippen LogP contribution < -0.4 is 4.57 Å². The van der Waals surface area contributed by atoms with E-state index in [2.05, 4.69) is 90.9 Å². The minimum absolute atomic E-state index is 0.973. The summed E-state index contributed by atoms with van der Waals surface area (Å²) in [5.41, 5.74) is 10.9. The van der Waals surface area contributed by atoms with Crippen LogP contribution in [0.15, 0.2) is 65.2 Å². The van der Waals surface area contributed by atoms with Gasteiger partial charge in [-0.05, 0) is 55.5 Å². The van der Waals surface area contributed by atoms with Gasteiger partial charge >= 0.3 is 0 Å². The van der Waals surface area contributed by atoms with Gasteiger partial charge in [0.2, 0.25) is 5.69 Å². The molecule has 0 amide bonds. The molecule has 3 heterocycles. The lowest BCUT2D eigenvalue weighted by molar-refractivity contribution is -0.660. The summed E-state index contributed by atoms with van der Waals surface area (Å²) in [6, 6.07) is 19.6. The van der Waals surface area contributed by atoms with Crippen molar-refractivity contribution in [2.45, 2.75) is 26.2 Å². The van der Waals surface area contributed by atoms with Crippen LogP contribution in [0.3, 0.4) is 0 Å². The Hall–Kier alpha value is -3.33. The molecule has 6 rings (SSSR count). The van der Waals surface area contributed by atoms with Gasteiger partial charge < -0.3 is 8.98 Å². The fraction of sp³-hybridized carbons (Fsp3) is 0.222. The van der Waals surface area contributed by atoms with Gasteiger partial charge in [-0.15, -0.1) is 0 Å². The van der Waals surface area contributed by atoms with E-state index < -0.39 is 0 Å². The number of benzene rings is 2. The molecule has 3 aromatic heterocycles. The van der Waals surface area contributed by atoms with E-state index in [4.69, 9.17) is 4.42 Å². The van der Waals surface area contributed by atoms with Crippen LogP contribution in [0, 0.1) is 6.92 Å². The lowest BCUT2D eigenvalue weighted by Crippen LogP contribution is -2.30. The summed E-state index contributed by atoms with van der Waals surface area (Å²) in [6.07, 6.45) is 5.72. The van der Waals surface area contributed by atoms with Gasteiger partial charge in [-0.25, -0.2) is 4.57 Å². The molecule has 5 aromatic rings. The van der Waals surface area contributed by atoms with E-state index >= 15 is 0 Å². The molecule has 0 radical (unpaired) electrons. The molecule has 0 saturated heterocycles. The number of rotatable bonds is 2. The molecule has 0 N–H and O–H groups in total. The second kappa shape index (κ2) is 6.33. The normalized spacial score (nSPS) is 13.4. The van der Waals surface area contributed by atoms with Crippen LogP contribution in [0.5, 0.6) is 0 Å². The number of aromatic nitrogens is 2. The largest absolute Gasteiger partial charge is 0.454 e. The molecule has 2 aromatic carbocycles. The number of pyridine rings is 1. The summed E-state index contributed by atoms with van der Waals surface area (Å²) in [5.74, 6) is 0. The highest BCUT2D eigenvalue weighted by Gasteiger charge is 2.23. The van der Waals surface area contributed by atoms with Crippen molar-refractivity contribution < 1.29 is 8.98 Å². The first-order valence-electron chi connectivity index (χ1n) is 10.7. The summed E-state index contributed by atoms with van der Waals surface area (Å²) in [4.78, 5) is 0. The Balaban J connectivity index is 1.68. The molecule has 0 saturated carbocycles. The highest BCUT2D eigenvalue weighted by atomic mass is 16.3. The van der Waals surface area contributed by atoms with Crippen LogP contribution in [0.2, 0.25) is 0 Å². The van der Waals surface area contributed by atoms with Gasteiger partial charge in [0.05, 0.1) is 11.3 Å². The maximum Gasteiger partial charge on any atom is 0.216 e. The second-order valence-electron chi connectivity index (χ2n) is 8.53. The number of aryl methyl sites for hydroxylation is 3. The minimum atomic E-state index is 0.973. The SMILES string of the molecule is Cc1ccc2c(oc3c(-c4cc5c(n4C)CCC5)cccc32)c1-c1cccc[n+]1C. The summed E-state index contributed by atoms with van der Waals surface area (Å²) in [5, 5.41) is 2.36. The summed E-state index contributed by atoms with van der Waals surface area (Å²) in [7, 11) is 4.29. The first-order chi connectivity index (χ1) is 14.6. The zero-order valence-electron chi connectivity index (χ0n) is 17.7. The van der Waals surface area contributed by atoms with E-state index in [1.54, 1.807) is 0 Å². The zero-order valence-corrected chi connectivity index (χ0v) is 17.7. The van der Waals surface area contributed by atoms with E-state index in [0.29, 0.717) is 0 Å². The summed E-state index contributed by atoms with van der Waals surface area (Å²) >= 11 is 0. The molecule has 1 aliphatic carbocycles. The van der Waals surface area contributed by atoms with Crippen molar-refractivity contribution in [3.63, 3.8) is 0 Å². The zero-order chi connectivity index (χ0) is 20.4. The molecule has 30 heavy (non-hydrogen) atoms. The number of furan rings is 1. The molecule has 3 nitrogen and oxygen atoms in total. The molecule has 0 bridgehead atoms. The molecule has 148 valence electrons. The van der Waals surface area contributed by atoms with E-state index in [1.165, 1.54) is 69.4 Å². The Kier molecular flexibility index (Phi) is 3.70. The van der Waals surface area contributed by atoms with Crippen molar-refractivity contribution in [3.8, 4) is 22.5 Å². The van der Waals surface area contributed by atoms with Gasteiger partial charge in [0, 0.05) is 41.2 Å². The van der Waals surface area contributed by atoms with Gasteiger partial charge in [0.25, 0.3) is 0 Å². The Morgan fingerprint density at radius 2 is 1.80 bits per heavy atom. The highest BCUT2D eigenvalue weighted by Crippen LogP contribution is 2.41. The van der Waals surface area contributed by atoms with Crippen molar-refractivity contribution in [3.05, 3.63) is 77.6 Å². The van der Waals surface area contributed by atoms with Crippen molar-refractivity contribution in [1.82, 2.24) is 4.57 Å². The molecule has 0 fully saturated rings. The lowest BCUT2D eigenvalue weighted by atomic mass is 10.00. The number of para-hydroxylation sites is 1. The third-order valence-corrected chi connectivity index (χ3v) is 6.77. The number of fused-ring (bicyclic) bond motifs is 4. The Labute approximate surface area is 176 Å². The molecular formula is C27H25N2O+. The van der Waals surface area contributed by atoms with Crippen molar-refractivity contribution >= 4 is 21.9 Å². The van der Waals surface area contributed by atoms with Crippen LogP contribution in [-0.2, 0) is 26.9 Å². The van der Waals surface area contributed by atoms with Gasteiger partial charge in [0.1, 0.15) is 18.2 Å². The monoisotopic (exact) mass is 393 g/mol. The lowest BCUT2D eigenvalue weighted by Gasteiger charge is -2.07. The Morgan fingerprint density at radius 3 is 2.63 bits per heavy atom. The predicted octanol–water partition coefficient (Wildman–Crippen LogP) is 5.88. The predicted molar refractivity (Wildman–Crippen MR) is 122 cm³/mol.